The number of benzene rings is 1. The molecule has 0 spiro atoms. The number of carbonyl (C=O) groups excluding carboxylic acids is 1. The topological polar surface area (TPSA) is 77.2 Å². The lowest BCUT2D eigenvalue weighted by Crippen LogP contribution is -2.27. The molecule has 0 saturated heterocycles. The van der Waals surface area contributed by atoms with Gasteiger partial charge in [-0.25, -0.2) is 0 Å². The highest BCUT2D eigenvalue weighted by atomic mass is 19.3. The van der Waals surface area contributed by atoms with Crippen LogP contribution in [0.5, 0.6) is 5.75 Å². The summed E-state index contributed by atoms with van der Waals surface area (Å²) >= 11 is 0. The molecular weight excluding hydrogens is 304 g/mol. The van der Waals surface area contributed by atoms with Gasteiger partial charge in [0.05, 0.1) is 11.7 Å². The number of nitrogens with one attached hydrogen (secondary N) is 1. The normalized spacial score (nSPS) is 12.0. The Hall–Kier alpha value is -2.54. The summed E-state index contributed by atoms with van der Waals surface area (Å²) in [5.74, 6) is -0.311. The van der Waals surface area contributed by atoms with Gasteiger partial charge in [0.25, 0.3) is 5.91 Å². The summed E-state index contributed by atoms with van der Waals surface area (Å²) < 4.78 is 29.4. The van der Waals surface area contributed by atoms with Gasteiger partial charge in [0.2, 0.25) is 0 Å². The molecule has 2 rings (SSSR count). The average Bonchev–Trinajstić information content (AvgIpc) is 2.54. The maximum atomic E-state index is 12.4. The van der Waals surface area contributed by atoms with Gasteiger partial charge < -0.3 is 15.8 Å². The zero-order valence-electron chi connectivity index (χ0n) is 12.5. The zero-order valence-corrected chi connectivity index (χ0v) is 12.5. The quantitative estimate of drug-likeness (QED) is 0.857. The first-order valence-corrected chi connectivity index (χ1v) is 7.01. The summed E-state index contributed by atoms with van der Waals surface area (Å²) in [5, 5.41) is 2.74. The molecule has 0 aliphatic rings. The van der Waals surface area contributed by atoms with Crippen LogP contribution in [0.2, 0.25) is 0 Å². The van der Waals surface area contributed by atoms with Crippen molar-refractivity contribution in [1.29, 1.82) is 0 Å². The summed E-state index contributed by atoms with van der Waals surface area (Å²) in [7, 11) is 0. The second-order valence-electron chi connectivity index (χ2n) is 4.85. The van der Waals surface area contributed by atoms with E-state index in [0.29, 0.717) is 16.8 Å². The lowest BCUT2D eigenvalue weighted by molar-refractivity contribution is -0.0506. The van der Waals surface area contributed by atoms with Crippen LogP contribution >= 0.6 is 0 Å². The molecule has 0 aliphatic carbocycles. The Morgan fingerprint density at radius 2 is 2.09 bits per heavy atom. The predicted molar refractivity (Wildman–Crippen MR) is 81.1 cm³/mol. The molecule has 1 aromatic heterocycles. The number of ether oxygens (including phenoxy) is 1. The first-order valence-electron chi connectivity index (χ1n) is 7.01. The Morgan fingerprint density at radius 3 is 2.78 bits per heavy atom. The van der Waals surface area contributed by atoms with Crippen molar-refractivity contribution in [3.63, 3.8) is 0 Å². The maximum Gasteiger partial charge on any atom is 0.387 e. The van der Waals surface area contributed by atoms with E-state index < -0.39 is 12.7 Å². The van der Waals surface area contributed by atoms with Crippen molar-refractivity contribution in [1.82, 2.24) is 10.3 Å². The molecule has 0 bridgehead atoms. The monoisotopic (exact) mass is 321 g/mol. The van der Waals surface area contributed by atoms with E-state index in [-0.39, 0.29) is 18.2 Å². The molecule has 0 radical (unpaired) electrons. The Bertz CT molecular complexity index is 680. The third kappa shape index (κ3) is 4.46. The number of nitrogens with zero attached hydrogens (tertiary/aromatic N) is 1. The van der Waals surface area contributed by atoms with E-state index >= 15 is 0 Å². The van der Waals surface area contributed by atoms with E-state index in [1.165, 1.54) is 12.3 Å². The highest BCUT2D eigenvalue weighted by Gasteiger charge is 2.17. The Kier molecular flexibility index (Phi) is 5.59. The van der Waals surface area contributed by atoms with Gasteiger partial charge >= 0.3 is 6.61 Å². The van der Waals surface area contributed by atoms with Crippen LogP contribution in [0.25, 0.3) is 0 Å². The average molecular weight is 321 g/mol. The van der Waals surface area contributed by atoms with Gasteiger partial charge in [0, 0.05) is 23.9 Å². The van der Waals surface area contributed by atoms with Crippen molar-refractivity contribution in [3.8, 4) is 5.75 Å². The van der Waals surface area contributed by atoms with Crippen LogP contribution in [0.1, 0.15) is 34.6 Å². The second-order valence-corrected chi connectivity index (χ2v) is 4.85. The molecule has 2 aromatic rings. The smallest absolute Gasteiger partial charge is 0.387 e. The third-order valence-electron chi connectivity index (χ3n) is 3.24. The highest BCUT2D eigenvalue weighted by Crippen LogP contribution is 2.26. The van der Waals surface area contributed by atoms with Crippen molar-refractivity contribution in [3.05, 3.63) is 59.4 Å². The van der Waals surface area contributed by atoms with Gasteiger partial charge in [-0.15, -0.1) is 0 Å². The van der Waals surface area contributed by atoms with Crippen molar-refractivity contribution in [2.75, 3.05) is 0 Å². The Morgan fingerprint density at radius 1 is 1.35 bits per heavy atom. The second kappa shape index (κ2) is 7.64. The fraction of sp³-hybridized carbons (Fsp3) is 0.250. The van der Waals surface area contributed by atoms with Crippen LogP contribution in [0.15, 0.2) is 42.6 Å². The number of amides is 1. The lowest BCUT2D eigenvalue weighted by Gasteiger charge is -2.18. The van der Waals surface area contributed by atoms with E-state index in [0.717, 1.165) is 0 Å². The van der Waals surface area contributed by atoms with Crippen LogP contribution in [0, 0.1) is 0 Å². The van der Waals surface area contributed by atoms with Gasteiger partial charge in [0.15, 0.2) is 0 Å². The first kappa shape index (κ1) is 16.8. The molecule has 1 aromatic carbocycles. The molecule has 1 heterocycles. The first-order chi connectivity index (χ1) is 11.0. The maximum absolute atomic E-state index is 12.4. The van der Waals surface area contributed by atoms with Gasteiger partial charge in [-0.2, -0.15) is 8.78 Å². The zero-order chi connectivity index (χ0) is 16.8. The molecule has 0 fully saturated rings. The van der Waals surface area contributed by atoms with Crippen molar-refractivity contribution in [2.24, 2.45) is 5.73 Å². The van der Waals surface area contributed by atoms with Gasteiger partial charge in [0.1, 0.15) is 5.75 Å². The number of para-hydroxylation sites is 1. The molecule has 1 amide bonds. The van der Waals surface area contributed by atoms with E-state index in [4.69, 9.17) is 5.73 Å². The largest absolute Gasteiger partial charge is 0.434 e. The van der Waals surface area contributed by atoms with Crippen molar-refractivity contribution < 1.29 is 18.3 Å². The van der Waals surface area contributed by atoms with E-state index in [1.54, 1.807) is 37.3 Å². The van der Waals surface area contributed by atoms with E-state index in [2.05, 4.69) is 15.0 Å². The Labute approximate surface area is 132 Å². The number of hydrogen-bond donors (Lipinski definition) is 2. The standard InChI is InChI=1S/C16H17F2N3O2/c1-10(13-4-2-3-5-14(13)23-16(17)18)21-15(22)11-6-7-20-12(8-11)9-19/h2-8,10,16H,9,19H2,1H3,(H,21,22). The van der Waals surface area contributed by atoms with Crippen LogP contribution in [-0.4, -0.2) is 17.5 Å². The molecule has 0 saturated carbocycles. The van der Waals surface area contributed by atoms with Crippen LogP contribution < -0.4 is 15.8 Å². The summed E-state index contributed by atoms with van der Waals surface area (Å²) in [6.45, 7) is -1.01. The van der Waals surface area contributed by atoms with E-state index in [1.807, 2.05) is 0 Å². The lowest BCUT2D eigenvalue weighted by atomic mass is 10.1. The molecule has 3 N–H and O–H groups in total. The molecular formula is C16H17F2N3O2. The van der Waals surface area contributed by atoms with Gasteiger partial charge in [-0.05, 0) is 25.1 Å². The molecule has 1 atom stereocenters. The molecule has 1 unspecified atom stereocenters. The third-order valence-corrected chi connectivity index (χ3v) is 3.24. The van der Waals surface area contributed by atoms with Gasteiger partial charge in [-0.1, -0.05) is 18.2 Å². The Balaban J connectivity index is 2.15. The molecule has 0 aliphatic heterocycles. The number of carbonyl (C=O) groups is 1. The number of nitrogens with two attached hydrogens (primary N) is 1. The summed E-state index contributed by atoms with van der Waals surface area (Å²) in [6, 6.07) is 8.98. The van der Waals surface area contributed by atoms with Crippen molar-refractivity contribution in [2.45, 2.75) is 26.1 Å². The SMILES string of the molecule is CC(NC(=O)c1ccnc(CN)c1)c1ccccc1OC(F)F. The number of aromatic nitrogens is 1. The summed E-state index contributed by atoms with van der Waals surface area (Å²) in [4.78, 5) is 16.3. The summed E-state index contributed by atoms with van der Waals surface area (Å²) in [6.07, 6.45) is 1.50. The number of hydrogen-bond acceptors (Lipinski definition) is 4. The molecule has 7 heteroatoms. The van der Waals surface area contributed by atoms with Crippen LogP contribution in [-0.2, 0) is 6.54 Å². The number of halogens is 2. The van der Waals surface area contributed by atoms with E-state index in [9.17, 15) is 13.6 Å². The predicted octanol–water partition coefficient (Wildman–Crippen LogP) is 2.63. The minimum Gasteiger partial charge on any atom is -0.434 e. The number of rotatable bonds is 6. The van der Waals surface area contributed by atoms with Gasteiger partial charge in [-0.3, -0.25) is 9.78 Å². The van der Waals surface area contributed by atoms with Crippen molar-refractivity contribution >= 4 is 5.91 Å². The molecule has 122 valence electrons. The summed E-state index contributed by atoms with van der Waals surface area (Å²) in [5.41, 5.74) is 6.95. The van der Waals surface area contributed by atoms with Crippen LogP contribution in [0.4, 0.5) is 8.78 Å². The number of pyridine rings is 1. The highest BCUT2D eigenvalue weighted by molar-refractivity contribution is 5.94. The minimum absolute atomic E-state index is 0.0349. The fourth-order valence-corrected chi connectivity index (χ4v) is 2.13. The molecule has 23 heavy (non-hydrogen) atoms. The molecule has 5 nitrogen and oxygen atoms in total. The minimum atomic E-state index is -2.92. The number of alkyl halides is 2. The van der Waals surface area contributed by atoms with Crippen LogP contribution in [0.3, 0.4) is 0 Å². The fourth-order valence-electron chi connectivity index (χ4n) is 2.13.